The van der Waals surface area contributed by atoms with E-state index in [2.05, 4.69) is 4.98 Å². The molecule has 76 valence electrons. The van der Waals surface area contributed by atoms with Crippen LogP contribution in [0.25, 0.3) is 0 Å². The van der Waals surface area contributed by atoms with Gasteiger partial charge in [0.1, 0.15) is 0 Å². The molecule has 14 heavy (non-hydrogen) atoms. The molecule has 3 nitrogen and oxygen atoms in total. The van der Waals surface area contributed by atoms with Gasteiger partial charge in [0.25, 0.3) is 0 Å². The molecule has 0 N–H and O–H groups in total. The summed E-state index contributed by atoms with van der Waals surface area (Å²) < 4.78 is 5.49. The van der Waals surface area contributed by atoms with Crippen LogP contribution >= 0.6 is 0 Å². The monoisotopic (exact) mass is 193 g/mol. The van der Waals surface area contributed by atoms with Gasteiger partial charge in [0.2, 0.25) is 5.88 Å². The van der Waals surface area contributed by atoms with Crippen molar-refractivity contribution in [1.82, 2.24) is 4.98 Å². The maximum atomic E-state index is 11.1. The molecule has 1 rings (SSSR count). The van der Waals surface area contributed by atoms with Crippen molar-refractivity contribution in [2.75, 3.05) is 0 Å². The predicted molar refractivity (Wildman–Crippen MR) is 54.6 cm³/mol. The van der Waals surface area contributed by atoms with Crippen molar-refractivity contribution in [3.8, 4) is 5.88 Å². The number of aromatic nitrogens is 1. The summed E-state index contributed by atoms with van der Waals surface area (Å²) >= 11 is 0. The number of hydrogen-bond donors (Lipinski definition) is 0. The first kappa shape index (κ1) is 10.7. The van der Waals surface area contributed by atoms with E-state index in [1.807, 2.05) is 13.8 Å². The second-order valence-electron chi connectivity index (χ2n) is 3.28. The summed E-state index contributed by atoms with van der Waals surface area (Å²) in [5.41, 5.74) is 0.637. The fourth-order valence-electron chi connectivity index (χ4n) is 0.982. The molecule has 1 aromatic rings. The van der Waals surface area contributed by atoms with Gasteiger partial charge < -0.3 is 4.74 Å². The van der Waals surface area contributed by atoms with Crippen LogP contribution in [0.2, 0.25) is 0 Å². The van der Waals surface area contributed by atoms with Crippen LogP contribution in [0, 0.1) is 0 Å². The first-order valence-electron chi connectivity index (χ1n) is 4.77. The van der Waals surface area contributed by atoms with Gasteiger partial charge in [0, 0.05) is 17.8 Å². The zero-order chi connectivity index (χ0) is 10.6. The van der Waals surface area contributed by atoms with Gasteiger partial charge in [0.15, 0.2) is 5.78 Å². The third-order valence-electron chi connectivity index (χ3n) is 2.04. The van der Waals surface area contributed by atoms with Crippen molar-refractivity contribution in [2.24, 2.45) is 0 Å². The lowest BCUT2D eigenvalue weighted by molar-refractivity contribution is 0.101. The second-order valence-corrected chi connectivity index (χ2v) is 3.28. The van der Waals surface area contributed by atoms with E-state index in [9.17, 15) is 4.79 Å². The topological polar surface area (TPSA) is 39.2 Å². The molecule has 0 saturated heterocycles. The van der Waals surface area contributed by atoms with E-state index in [4.69, 9.17) is 4.74 Å². The van der Waals surface area contributed by atoms with Crippen LogP contribution in [0.1, 0.15) is 37.6 Å². The van der Waals surface area contributed by atoms with Crippen LogP contribution in [0.3, 0.4) is 0 Å². The zero-order valence-corrected chi connectivity index (χ0v) is 8.78. The Morgan fingerprint density at radius 3 is 2.93 bits per heavy atom. The van der Waals surface area contributed by atoms with Gasteiger partial charge in [-0.1, -0.05) is 6.92 Å². The normalized spacial score (nSPS) is 12.2. The Labute approximate surface area is 84.1 Å². The van der Waals surface area contributed by atoms with E-state index in [1.54, 1.807) is 18.3 Å². The van der Waals surface area contributed by atoms with Crippen molar-refractivity contribution in [3.05, 3.63) is 23.9 Å². The minimum Gasteiger partial charge on any atom is -0.475 e. The molecule has 0 aliphatic rings. The number of nitrogens with zero attached hydrogens (tertiary/aromatic N) is 1. The number of hydrogen-bond acceptors (Lipinski definition) is 3. The summed E-state index contributed by atoms with van der Waals surface area (Å²) in [6.07, 6.45) is 2.64. The van der Waals surface area contributed by atoms with E-state index in [-0.39, 0.29) is 11.9 Å². The summed E-state index contributed by atoms with van der Waals surface area (Å²) in [4.78, 5) is 15.1. The first-order valence-corrected chi connectivity index (χ1v) is 4.77. The van der Waals surface area contributed by atoms with E-state index in [0.29, 0.717) is 11.4 Å². The van der Waals surface area contributed by atoms with E-state index in [0.717, 1.165) is 6.42 Å². The molecule has 1 atom stereocenters. The van der Waals surface area contributed by atoms with Gasteiger partial charge in [-0.05, 0) is 26.3 Å². The minimum absolute atomic E-state index is 0.0291. The summed E-state index contributed by atoms with van der Waals surface area (Å²) in [6.45, 7) is 5.55. The van der Waals surface area contributed by atoms with Gasteiger partial charge in [-0.25, -0.2) is 4.98 Å². The smallest absolute Gasteiger partial charge is 0.214 e. The molecule has 0 aliphatic heterocycles. The molecule has 0 amide bonds. The fourth-order valence-corrected chi connectivity index (χ4v) is 0.982. The highest BCUT2D eigenvalue weighted by atomic mass is 16.5. The average molecular weight is 193 g/mol. The molecule has 0 spiro atoms. The van der Waals surface area contributed by atoms with Crippen LogP contribution in [-0.2, 0) is 0 Å². The van der Waals surface area contributed by atoms with Crippen molar-refractivity contribution in [1.29, 1.82) is 0 Å². The Balaban J connectivity index is 2.78. The quantitative estimate of drug-likeness (QED) is 0.689. The largest absolute Gasteiger partial charge is 0.475 e. The van der Waals surface area contributed by atoms with E-state index < -0.39 is 0 Å². The van der Waals surface area contributed by atoms with E-state index in [1.165, 1.54) is 6.92 Å². The molecular formula is C11H15NO2. The highest BCUT2D eigenvalue weighted by Crippen LogP contribution is 2.12. The number of pyridine rings is 1. The Bertz CT molecular complexity index is 323. The molecular weight excluding hydrogens is 178 g/mol. The van der Waals surface area contributed by atoms with Crippen molar-refractivity contribution in [3.63, 3.8) is 0 Å². The predicted octanol–water partition coefficient (Wildman–Crippen LogP) is 2.46. The number of rotatable bonds is 4. The highest BCUT2D eigenvalue weighted by molar-refractivity contribution is 5.94. The van der Waals surface area contributed by atoms with E-state index >= 15 is 0 Å². The molecule has 0 fully saturated rings. The molecule has 0 aromatic carbocycles. The molecule has 1 aromatic heterocycles. The number of ketones is 1. The van der Waals surface area contributed by atoms with Gasteiger partial charge in [0.05, 0.1) is 6.10 Å². The zero-order valence-electron chi connectivity index (χ0n) is 8.78. The highest BCUT2D eigenvalue weighted by Gasteiger charge is 2.05. The lowest BCUT2D eigenvalue weighted by Crippen LogP contribution is -2.11. The Kier molecular flexibility index (Phi) is 3.63. The molecule has 0 radical (unpaired) electrons. The van der Waals surface area contributed by atoms with Crippen LogP contribution < -0.4 is 4.74 Å². The number of Topliss-reactive ketones (excluding diaryl/α,β-unsaturated/α-hetero) is 1. The number of ether oxygens (including phenoxy) is 1. The molecule has 1 unspecified atom stereocenters. The Hall–Kier alpha value is -1.38. The third kappa shape index (κ3) is 2.83. The Morgan fingerprint density at radius 2 is 2.36 bits per heavy atom. The van der Waals surface area contributed by atoms with Crippen LogP contribution in [0.15, 0.2) is 18.3 Å². The third-order valence-corrected chi connectivity index (χ3v) is 2.04. The van der Waals surface area contributed by atoms with Gasteiger partial charge in [-0.15, -0.1) is 0 Å². The van der Waals surface area contributed by atoms with Crippen LogP contribution in [-0.4, -0.2) is 16.9 Å². The number of carbonyl (C=O) groups is 1. The lowest BCUT2D eigenvalue weighted by atomic mass is 10.2. The summed E-state index contributed by atoms with van der Waals surface area (Å²) in [7, 11) is 0. The summed E-state index contributed by atoms with van der Waals surface area (Å²) in [6, 6.07) is 3.36. The van der Waals surface area contributed by atoms with Gasteiger partial charge in [-0.2, -0.15) is 0 Å². The summed E-state index contributed by atoms with van der Waals surface area (Å²) in [5, 5.41) is 0. The maximum absolute atomic E-state index is 11.1. The van der Waals surface area contributed by atoms with Crippen molar-refractivity contribution >= 4 is 5.78 Å². The average Bonchev–Trinajstić information content (AvgIpc) is 2.18. The second kappa shape index (κ2) is 4.74. The number of carbonyl (C=O) groups excluding carboxylic acids is 1. The molecule has 1 heterocycles. The first-order chi connectivity index (χ1) is 6.63. The molecule has 0 saturated carbocycles. The summed E-state index contributed by atoms with van der Waals surface area (Å²) in [5.74, 6) is 0.549. The molecule has 0 bridgehead atoms. The van der Waals surface area contributed by atoms with Crippen LogP contribution in [0.4, 0.5) is 0 Å². The molecule has 0 aliphatic carbocycles. The molecule has 3 heteroatoms. The van der Waals surface area contributed by atoms with Gasteiger partial charge >= 0.3 is 0 Å². The maximum Gasteiger partial charge on any atom is 0.214 e. The fraction of sp³-hybridized carbons (Fsp3) is 0.455. The SMILES string of the molecule is CCC(C)Oc1cc(C(C)=O)ccn1. The van der Waals surface area contributed by atoms with Gasteiger partial charge in [-0.3, -0.25) is 4.79 Å². The lowest BCUT2D eigenvalue weighted by Gasteiger charge is -2.11. The standard InChI is InChI=1S/C11H15NO2/c1-4-8(2)14-11-7-10(9(3)13)5-6-12-11/h5-8H,4H2,1-3H3. The van der Waals surface area contributed by atoms with Crippen molar-refractivity contribution in [2.45, 2.75) is 33.3 Å². The Morgan fingerprint density at radius 1 is 1.64 bits per heavy atom. The van der Waals surface area contributed by atoms with Crippen molar-refractivity contribution < 1.29 is 9.53 Å². The van der Waals surface area contributed by atoms with Crippen LogP contribution in [0.5, 0.6) is 5.88 Å². The minimum atomic E-state index is 0.0291.